The molecule has 3 rings (SSSR count). The van der Waals surface area contributed by atoms with Crippen molar-refractivity contribution in [3.05, 3.63) is 42.0 Å². The highest BCUT2D eigenvalue weighted by Crippen LogP contribution is 2.21. The molecule has 24 heavy (non-hydrogen) atoms. The first kappa shape index (κ1) is 16.0. The van der Waals surface area contributed by atoms with Gasteiger partial charge in [0.15, 0.2) is 0 Å². The Morgan fingerprint density at radius 2 is 2.25 bits per heavy atom. The van der Waals surface area contributed by atoms with E-state index in [1.54, 1.807) is 0 Å². The van der Waals surface area contributed by atoms with E-state index in [9.17, 15) is 4.79 Å². The van der Waals surface area contributed by atoms with E-state index in [0.29, 0.717) is 11.7 Å². The number of hydrogen-bond donors (Lipinski definition) is 1. The molecule has 0 spiro atoms. The van der Waals surface area contributed by atoms with Crippen molar-refractivity contribution in [2.75, 3.05) is 0 Å². The van der Waals surface area contributed by atoms with Gasteiger partial charge in [-0.25, -0.2) is 5.43 Å². The largest absolute Gasteiger partial charge is 0.271 e. The van der Waals surface area contributed by atoms with E-state index in [-0.39, 0.29) is 12.5 Å². The zero-order valence-electron chi connectivity index (χ0n) is 13.6. The fourth-order valence-corrected chi connectivity index (χ4v) is 2.51. The van der Waals surface area contributed by atoms with Gasteiger partial charge in [-0.2, -0.15) is 9.90 Å². The smallest absolute Gasteiger partial charge is 0.263 e. The molecule has 0 unspecified atom stereocenters. The number of hydrazone groups is 1. The van der Waals surface area contributed by atoms with Crippen LogP contribution in [-0.2, 0) is 11.3 Å². The van der Waals surface area contributed by atoms with Crippen LogP contribution in [-0.4, -0.2) is 32.3 Å². The van der Waals surface area contributed by atoms with Gasteiger partial charge in [-0.3, -0.25) is 4.79 Å². The molecule has 1 heterocycles. The molecule has 0 aliphatic heterocycles. The predicted molar refractivity (Wildman–Crippen MR) is 91.0 cm³/mol. The number of rotatable bonds is 5. The maximum atomic E-state index is 11.9. The van der Waals surface area contributed by atoms with Crippen LogP contribution >= 0.6 is 0 Å². The summed E-state index contributed by atoms with van der Waals surface area (Å²) in [7, 11) is 0. The van der Waals surface area contributed by atoms with E-state index in [2.05, 4.69) is 38.9 Å². The number of carbonyl (C=O) groups excluding carboxylic acids is 1. The highest BCUT2D eigenvalue weighted by Gasteiger charge is 2.11. The van der Waals surface area contributed by atoms with Crippen LogP contribution < -0.4 is 5.43 Å². The quantitative estimate of drug-likeness (QED) is 0.519. The molecule has 7 heteroatoms. The second-order valence-corrected chi connectivity index (χ2v) is 5.91. The molecule has 0 bridgehead atoms. The van der Waals surface area contributed by atoms with E-state index in [4.69, 9.17) is 0 Å². The van der Waals surface area contributed by atoms with Crippen molar-refractivity contribution in [2.24, 2.45) is 11.0 Å². The summed E-state index contributed by atoms with van der Waals surface area (Å²) in [6, 6.07) is 9.51. The Labute approximate surface area is 140 Å². The van der Waals surface area contributed by atoms with Crippen LogP contribution in [0.2, 0.25) is 0 Å². The first-order valence-electron chi connectivity index (χ1n) is 8.01. The molecule has 0 radical (unpaired) electrons. The number of benzene rings is 1. The standard InChI is InChI=1S/C17H20N6O/c1-13-7-9-14(10-8-13)11-18-19-16(24)12-23-21-17(20-22-23)15-5-3-2-4-6-15/h2-7,11,14H,8-10,12H2,1H3,(H,19,24)/b18-11-/t14-/m1/s1. The number of nitrogens with one attached hydrogen (secondary N) is 1. The molecular weight excluding hydrogens is 304 g/mol. The lowest BCUT2D eigenvalue weighted by molar-refractivity contribution is -0.122. The van der Waals surface area contributed by atoms with Crippen molar-refractivity contribution in [1.29, 1.82) is 0 Å². The lowest BCUT2D eigenvalue weighted by atomic mass is 9.91. The molecule has 0 saturated heterocycles. The number of hydrogen-bond acceptors (Lipinski definition) is 5. The lowest BCUT2D eigenvalue weighted by Gasteiger charge is -2.15. The minimum Gasteiger partial charge on any atom is -0.271 e. The molecule has 7 nitrogen and oxygen atoms in total. The van der Waals surface area contributed by atoms with Crippen molar-refractivity contribution in [1.82, 2.24) is 25.6 Å². The number of amides is 1. The maximum absolute atomic E-state index is 11.9. The first-order chi connectivity index (χ1) is 11.7. The van der Waals surface area contributed by atoms with Crippen LogP contribution in [0.4, 0.5) is 0 Å². The molecule has 2 aromatic rings. The van der Waals surface area contributed by atoms with Crippen molar-refractivity contribution >= 4 is 12.1 Å². The van der Waals surface area contributed by atoms with E-state index in [1.807, 2.05) is 36.5 Å². The topological polar surface area (TPSA) is 85.1 Å². The predicted octanol–water partition coefficient (Wildman–Crippen LogP) is 2.19. The first-order valence-corrected chi connectivity index (χ1v) is 8.01. The van der Waals surface area contributed by atoms with Crippen molar-refractivity contribution < 1.29 is 4.79 Å². The van der Waals surface area contributed by atoms with Crippen molar-refractivity contribution in [2.45, 2.75) is 32.7 Å². The van der Waals surface area contributed by atoms with E-state index in [1.165, 1.54) is 10.4 Å². The molecule has 1 aromatic heterocycles. The Hall–Kier alpha value is -2.83. The van der Waals surface area contributed by atoms with E-state index >= 15 is 0 Å². The summed E-state index contributed by atoms with van der Waals surface area (Å²) in [5.74, 6) is 0.616. The SMILES string of the molecule is CC1=CC[C@@H](/C=N\NC(=O)Cn2nnc(-c3ccccc3)n2)CC1. The Morgan fingerprint density at radius 3 is 3.00 bits per heavy atom. The zero-order valence-corrected chi connectivity index (χ0v) is 13.6. The molecular formula is C17H20N6O. The molecule has 1 aliphatic carbocycles. The number of aromatic nitrogens is 4. The minimum absolute atomic E-state index is 0.0130. The minimum atomic E-state index is -0.272. The Bertz CT molecular complexity index is 749. The second-order valence-electron chi connectivity index (χ2n) is 5.91. The van der Waals surface area contributed by atoms with E-state index < -0.39 is 0 Å². The fraction of sp³-hybridized carbons (Fsp3) is 0.353. The van der Waals surface area contributed by atoms with Crippen LogP contribution in [0.3, 0.4) is 0 Å². The zero-order chi connectivity index (χ0) is 16.8. The number of nitrogens with zero attached hydrogens (tertiary/aromatic N) is 5. The normalized spacial score (nSPS) is 17.7. The van der Waals surface area contributed by atoms with Crippen LogP contribution in [0.1, 0.15) is 26.2 Å². The highest BCUT2D eigenvalue weighted by molar-refractivity contribution is 5.76. The van der Waals surface area contributed by atoms with Gasteiger partial charge >= 0.3 is 0 Å². The third-order valence-electron chi connectivity index (χ3n) is 3.92. The molecule has 1 aliphatic rings. The molecule has 0 saturated carbocycles. The van der Waals surface area contributed by atoms with Crippen LogP contribution in [0.15, 0.2) is 47.1 Å². The molecule has 124 valence electrons. The fourth-order valence-electron chi connectivity index (χ4n) is 2.51. The second kappa shape index (κ2) is 7.63. The average Bonchev–Trinajstić information content (AvgIpc) is 3.06. The molecule has 1 aromatic carbocycles. The third kappa shape index (κ3) is 4.34. The Morgan fingerprint density at radius 1 is 1.42 bits per heavy atom. The summed E-state index contributed by atoms with van der Waals surface area (Å²) in [5, 5.41) is 16.1. The Kier molecular flexibility index (Phi) is 5.10. The van der Waals surface area contributed by atoms with Gasteiger partial charge in [0.2, 0.25) is 5.82 Å². The van der Waals surface area contributed by atoms with Gasteiger partial charge in [-0.05, 0) is 37.3 Å². The van der Waals surface area contributed by atoms with Gasteiger partial charge in [-0.15, -0.1) is 10.2 Å². The van der Waals surface area contributed by atoms with Gasteiger partial charge in [-0.1, -0.05) is 42.0 Å². The summed E-state index contributed by atoms with van der Waals surface area (Å²) in [6.45, 7) is 2.13. The number of tetrazole rings is 1. The summed E-state index contributed by atoms with van der Waals surface area (Å²) in [5.41, 5.74) is 4.81. The van der Waals surface area contributed by atoms with Crippen LogP contribution in [0.25, 0.3) is 11.4 Å². The number of carbonyl (C=O) groups is 1. The van der Waals surface area contributed by atoms with Gasteiger partial charge in [0.1, 0.15) is 6.54 Å². The van der Waals surface area contributed by atoms with Crippen molar-refractivity contribution in [3.63, 3.8) is 0 Å². The maximum Gasteiger partial charge on any atom is 0.263 e. The Balaban J connectivity index is 1.50. The monoisotopic (exact) mass is 324 g/mol. The van der Waals surface area contributed by atoms with E-state index in [0.717, 1.165) is 24.8 Å². The molecule has 1 N–H and O–H groups in total. The molecule has 1 amide bonds. The number of allylic oxidation sites excluding steroid dienone is 2. The summed E-state index contributed by atoms with van der Waals surface area (Å²) >= 11 is 0. The summed E-state index contributed by atoms with van der Waals surface area (Å²) in [6.07, 6.45) is 7.19. The molecule has 1 atom stereocenters. The average molecular weight is 324 g/mol. The lowest BCUT2D eigenvalue weighted by Crippen LogP contribution is -2.25. The van der Waals surface area contributed by atoms with Crippen molar-refractivity contribution in [3.8, 4) is 11.4 Å². The van der Waals surface area contributed by atoms with Gasteiger partial charge in [0.05, 0.1) is 0 Å². The summed E-state index contributed by atoms with van der Waals surface area (Å²) in [4.78, 5) is 13.2. The molecule has 0 fully saturated rings. The third-order valence-corrected chi connectivity index (χ3v) is 3.92. The van der Waals surface area contributed by atoms with Crippen LogP contribution in [0.5, 0.6) is 0 Å². The van der Waals surface area contributed by atoms with Gasteiger partial charge in [0, 0.05) is 11.8 Å². The van der Waals surface area contributed by atoms with Gasteiger partial charge < -0.3 is 0 Å². The summed E-state index contributed by atoms with van der Waals surface area (Å²) < 4.78 is 0. The highest BCUT2D eigenvalue weighted by atomic mass is 16.2. The van der Waals surface area contributed by atoms with Crippen LogP contribution in [0, 0.1) is 5.92 Å². The van der Waals surface area contributed by atoms with Gasteiger partial charge in [0.25, 0.3) is 5.91 Å².